The lowest BCUT2D eigenvalue weighted by molar-refractivity contribution is -0.135. The smallest absolute Gasteiger partial charge is 0.449 e. The van der Waals surface area contributed by atoms with Crippen molar-refractivity contribution in [2.24, 2.45) is 0 Å². The second-order valence-electron chi connectivity index (χ2n) is 1.33. The molecule has 0 aromatic rings. The zero-order valence-electron chi connectivity index (χ0n) is 6.65. The predicted octanol–water partition coefficient (Wildman–Crippen LogP) is 1.52. The van der Waals surface area contributed by atoms with Crippen LogP contribution in [0, 0.1) is 0 Å². The van der Waals surface area contributed by atoms with Gasteiger partial charge >= 0.3 is 12.1 Å². The van der Waals surface area contributed by atoms with Crippen molar-refractivity contribution in [3.05, 3.63) is 25.7 Å². The van der Waals surface area contributed by atoms with E-state index in [0.29, 0.717) is 0 Å². The van der Waals surface area contributed by atoms with Crippen LogP contribution in [0.1, 0.15) is 6.92 Å². The van der Waals surface area contributed by atoms with E-state index in [2.05, 4.69) is 22.6 Å². The summed E-state index contributed by atoms with van der Waals surface area (Å²) in [6, 6.07) is 0. The standard InChI is InChI=1S/C4H6O2.C3H4O3/c1-3-6-4(2)5;1-2-6-3(4)5/h3H,1H2,2H3;2H,1H2,(H,4,5). The zero-order valence-corrected chi connectivity index (χ0v) is 6.65. The summed E-state index contributed by atoms with van der Waals surface area (Å²) in [5.41, 5.74) is 0. The highest BCUT2D eigenvalue weighted by Crippen LogP contribution is 1.70. The molecule has 1 N–H and O–H groups in total. The Morgan fingerprint density at radius 1 is 1.25 bits per heavy atom. The molecular formula is C7H10O5. The number of esters is 1. The van der Waals surface area contributed by atoms with E-state index >= 15 is 0 Å². The van der Waals surface area contributed by atoms with Crippen LogP contribution in [0.15, 0.2) is 25.7 Å². The summed E-state index contributed by atoms with van der Waals surface area (Å²) in [6.07, 6.45) is 0.620. The van der Waals surface area contributed by atoms with Crippen molar-refractivity contribution in [1.29, 1.82) is 0 Å². The molecule has 5 heteroatoms. The maximum Gasteiger partial charge on any atom is 0.510 e. The van der Waals surface area contributed by atoms with E-state index in [1.54, 1.807) is 0 Å². The van der Waals surface area contributed by atoms with Gasteiger partial charge in [-0.3, -0.25) is 4.79 Å². The molecule has 0 aliphatic rings. The van der Waals surface area contributed by atoms with Crippen LogP contribution in [-0.2, 0) is 14.3 Å². The number of carbonyl (C=O) groups is 2. The van der Waals surface area contributed by atoms with Gasteiger partial charge in [0.1, 0.15) is 0 Å². The van der Waals surface area contributed by atoms with E-state index < -0.39 is 6.16 Å². The fraction of sp³-hybridized carbons (Fsp3) is 0.143. The number of carboxylic acid groups (broad SMARTS) is 1. The van der Waals surface area contributed by atoms with E-state index in [9.17, 15) is 9.59 Å². The highest BCUT2D eigenvalue weighted by atomic mass is 16.7. The number of carbonyl (C=O) groups excluding carboxylic acids is 1. The minimum absolute atomic E-state index is 0.329. The minimum atomic E-state index is -1.33. The second kappa shape index (κ2) is 9.22. The van der Waals surface area contributed by atoms with E-state index in [1.165, 1.54) is 6.92 Å². The Balaban J connectivity index is 0. The molecule has 12 heavy (non-hydrogen) atoms. The van der Waals surface area contributed by atoms with Gasteiger partial charge in [0.05, 0.1) is 12.5 Å². The summed E-state index contributed by atoms with van der Waals surface area (Å²) < 4.78 is 7.89. The first-order chi connectivity index (χ1) is 5.54. The van der Waals surface area contributed by atoms with E-state index in [0.717, 1.165) is 12.5 Å². The molecule has 0 saturated heterocycles. The van der Waals surface area contributed by atoms with Crippen LogP contribution in [-0.4, -0.2) is 17.2 Å². The molecule has 0 heterocycles. The average Bonchev–Trinajstić information content (AvgIpc) is 1.87. The molecule has 0 aromatic heterocycles. The SMILES string of the molecule is C=COC(=O)O.C=COC(C)=O. The molecule has 5 nitrogen and oxygen atoms in total. The topological polar surface area (TPSA) is 72.8 Å². The molecule has 0 fully saturated rings. The van der Waals surface area contributed by atoms with Gasteiger partial charge in [0.15, 0.2) is 0 Å². The Morgan fingerprint density at radius 3 is 1.67 bits per heavy atom. The van der Waals surface area contributed by atoms with Gasteiger partial charge in [0, 0.05) is 6.92 Å². The van der Waals surface area contributed by atoms with Crippen molar-refractivity contribution in [2.75, 3.05) is 0 Å². The lowest BCUT2D eigenvalue weighted by Gasteiger charge is -1.83. The fourth-order valence-electron chi connectivity index (χ4n) is 0.189. The Labute approximate surface area is 69.9 Å². The van der Waals surface area contributed by atoms with Crippen molar-refractivity contribution in [3.8, 4) is 0 Å². The fourth-order valence-corrected chi connectivity index (χ4v) is 0.189. The van der Waals surface area contributed by atoms with Gasteiger partial charge in [-0.05, 0) is 0 Å². The van der Waals surface area contributed by atoms with Crippen LogP contribution in [0.25, 0.3) is 0 Å². The van der Waals surface area contributed by atoms with Gasteiger partial charge in [0.2, 0.25) is 0 Å². The largest absolute Gasteiger partial charge is 0.510 e. The zero-order chi connectivity index (χ0) is 9.98. The first-order valence-electron chi connectivity index (χ1n) is 2.83. The maximum absolute atomic E-state index is 9.75. The number of rotatable bonds is 2. The van der Waals surface area contributed by atoms with Crippen LogP contribution in [0.5, 0.6) is 0 Å². The Hall–Kier alpha value is -1.78. The van der Waals surface area contributed by atoms with Gasteiger partial charge in [-0.1, -0.05) is 13.2 Å². The van der Waals surface area contributed by atoms with Gasteiger partial charge in [-0.2, -0.15) is 0 Å². The molecule has 0 atom stereocenters. The molecule has 0 unspecified atom stereocenters. The van der Waals surface area contributed by atoms with Crippen LogP contribution in [0.4, 0.5) is 4.79 Å². The van der Waals surface area contributed by atoms with Crippen molar-refractivity contribution in [3.63, 3.8) is 0 Å². The first-order valence-corrected chi connectivity index (χ1v) is 2.83. The molecule has 0 aliphatic carbocycles. The molecule has 0 amide bonds. The van der Waals surface area contributed by atoms with Gasteiger partial charge < -0.3 is 14.6 Å². The van der Waals surface area contributed by atoms with Crippen LogP contribution < -0.4 is 0 Å². The highest BCUT2D eigenvalue weighted by molar-refractivity contribution is 5.66. The number of ether oxygens (including phenoxy) is 2. The molecule has 0 saturated carbocycles. The van der Waals surface area contributed by atoms with E-state index in [1.807, 2.05) is 0 Å². The van der Waals surface area contributed by atoms with Crippen molar-refractivity contribution in [1.82, 2.24) is 0 Å². The van der Waals surface area contributed by atoms with Gasteiger partial charge in [-0.15, -0.1) is 0 Å². The third-order valence-corrected chi connectivity index (χ3v) is 0.433. The summed E-state index contributed by atoms with van der Waals surface area (Å²) in [7, 11) is 0. The predicted molar refractivity (Wildman–Crippen MR) is 41.3 cm³/mol. The molecule has 0 spiro atoms. The van der Waals surface area contributed by atoms with Crippen molar-refractivity contribution in [2.45, 2.75) is 6.92 Å². The lowest BCUT2D eigenvalue weighted by atomic mass is 10.8. The summed E-state index contributed by atoms with van der Waals surface area (Å²) in [5.74, 6) is -0.329. The quantitative estimate of drug-likeness (QED) is 0.507. The van der Waals surface area contributed by atoms with Gasteiger partial charge in [0.25, 0.3) is 0 Å². The summed E-state index contributed by atoms with van der Waals surface area (Å²) in [5, 5.41) is 7.62. The Kier molecular flexibility index (Phi) is 9.88. The monoisotopic (exact) mass is 174 g/mol. The highest BCUT2D eigenvalue weighted by Gasteiger charge is 1.84. The average molecular weight is 174 g/mol. The molecule has 68 valence electrons. The van der Waals surface area contributed by atoms with Crippen LogP contribution in [0.2, 0.25) is 0 Å². The third-order valence-electron chi connectivity index (χ3n) is 0.433. The van der Waals surface area contributed by atoms with Crippen LogP contribution in [0.3, 0.4) is 0 Å². The Bertz CT molecular complexity index is 153. The van der Waals surface area contributed by atoms with Gasteiger partial charge in [-0.25, -0.2) is 4.79 Å². The third kappa shape index (κ3) is 24.1. The first kappa shape index (κ1) is 12.9. The maximum atomic E-state index is 9.75. The molecule has 0 aliphatic heterocycles. The van der Waals surface area contributed by atoms with Crippen LogP contribution >= 0.6 is 0 Å². The lowest BCUT2D eigenvalue weighted by Crippen LogP contribution is -1.89. The molecule has 0 rings (SSSR count). The molecular weight excluding hydrogens is 164 g/mol. The minimum Gasteiger partial charge on any atom is -0.449 e. The van der Waals surface area contributed by atoms with Crippen molar-refractivity contribution < 1.29 is 24.2 Å². The number of hydrogen-bond acceptors (Lipinski definition) is 4. The summed E-state index contributed by atoms with van der Waals surface area (Å²) >= 11 is 0. The summed E-state index contributed by atoms with van der Waals surface area (Å²) in [6.45, 7) is 7.48. The molecule has 0 aromatic carbocycles. The number of hydrogen-bond donors (Lipinski definition) is 1. The van der Waals surface area contributed by atoms with E-state index in [4.69, 9.17) is 5.11 Å². The molecule has 0 radical (unpaired) electrons. The van der Waals surface area contributed by atoms with Crippen molar-refractivity contribution >= 4 is 12.1 Å². The normalized spacial score (nSPS) is 6.75. The van der Waals surface area contributed by atoms with E-state index in [-0.39, 0.29) is 5.97 Å². The Morgan fingerprint density at radius 2 is 1.67 bits per heavy atom. The molecule has 0 bridgehead atoms. The second-order valence-corrected chi connectivity index (χ2v) is 1.33. The summed E-state index contributed by atoms with van der Waals surface area (Å²) in [4.78, 5) is 19.1.